The number of piperazine rings is 1. The van der Waals surface area contributed by atoms with Gasteiger partial charge in [-0.05, 0) is 14.0 Å². The average molecular weight is 295 g/mol. The van der Waals surface area contributed by atoms with Crippen LogP contribution in [-0.4, -0.2) is 72.4 Å². The third-order valence-corrected chi connectivity index (χ3v) is 3.92. The second kappa shape index (κ2) is 6.91. The van der Waals surface area contributed by atoms with Crippen molar-refractivity contribution in [3.63, 3.8) is 0 Å². The molecule has 118 valence electrons. The first kappa shape index (κ1) is 15.8. The summed E-state index contributed by atoms with van der Waals surface area (Å²) in [6, 6.07) is 0. The number of aryl methyl sites for hydroxylation is 2. The predicted octanol–water partition coefficient (Wildman–Crippen LogP) is -0.399. The van der Waals surface area contributed by atoms with Gasteiger partial charge in [-0.2, -0.15) is 5.10 Å². The Morgan fingerprint density at radius 2 is 1.95 bits per heavy atom. The zero-order valence-corrected chi connectivity index (χ0v) is 13.3. The van der Waals surface area contributed by atoms with Gasteiger partial charge in [-0.15, -0.1) is 0 Å². The number of nitrogens with zero attached hydrogens (tertiary/aromatic N) is 4. The molecule has 0 bridgehead atoms. The molecule has 1 N–H and O–H groups in total. The second-order valence-electron chi connectivity index (χ2n) is 5.48. The number of amides is 1. The standard InChI is InChI=1S/C14H25N5O2/c1-11-12(14(21-4)18(3)16-11)9-15-10-13(20)19-7-5-17(2)6-8-19/h15H,5-10H2,1-4H3. The van der Waals surface area contributed by atoms with Gasteiger partial charge < -0.3 is 19.9 Å². The third kappa shape index (κ3) is 3.74. The number of methoxy groups -OCH3 is 1. The average Bonchev–Trinajstić information content (AvgIpc) is 2.73. The van der Waals surface area contributed by atoms with Gasteiger partial charge >= 0.3 is 0 Å². The van der Waals surface area contributed by atoms with Crippen molar-refractivity contribution in [2.45, 2.75) is 13.5 Å². The second-order valence-corrected chi connectivity index (χ2v) is 5.48. The lowest BCUT2D eigenvalue weighted by Gasteiger charge is -2.32. The quantitative estimate of drug-likeness (QED) is 0.801. The summed E-state index contributed by atoms with van der Waals surface area (Å²) in [5.74, 6) is 0.899. The van der Waals surface area contributed by atoms with Crippen molar-refractivity contribution in [1.29, 1.82) is 0 Å². The lowest BCUT2D eigenvalue weighted by Crippen LogP contribution is -2.49. The van der Waals surface area contributed by atoms with Crippen molar-refractivity contribution in [3.8, 4) is 5.88 Å². The number of rotatable bonds is 5. The number of nitrogens with one attached hydrogen (secondary N) is 1. The number of carbonyl (C=O) groups excluding carboxylic acids is 1. The van der Waals surface area contributed by atoms with Gasteiger partial charge in [-0.25, -0.2) is 4.68 Å². The molecule has 2 heterocycles. The number of aromatic nitrogens is 2. The highest BCUT2D eigenvalue weighted by atomic mass is 16.5. The summed E-state index contributed by atoms with van der Waals surface area (Å²) in [7, 11) is 5.57. The molecule has 0 radical (unpaired) electrons. The highest BCUT2D eigenvalue weighted by Crippen LogP contribution is 2.20. The van der Waals surface area contributed by atoms with Crippen molar-refractivity contribution in [2.75, 3.05) is 46.9 Å². The van der Waals surface area contributed by atoms with Crippen molar-refractivity contribution in [1.82, 2.24) is 24.9 Å². The Balaban J connectivity index is 1.83. The number of likely N-dealkylation sites (N-methyl/N-ethyl adjacent to an activating group) is 1. The van der Waals surface area contributed by atoms with Crippen molar-refractivity contribution >= 4 is 5.91 Å². The van der Waals surface area contributed by atoms with Crippen LogP contribution in [0.1, 0.15) is 11.3 Å². The van der Waals surface area contributed by atoms with Gasteiger partial charge in [-0.3, -0.25) is 4.79 Å². The van der Waals surface area contributed by atoms with Gasteiger partial charge in [0.05, 0.1) is 24.9 Å². The minimum absolute atomic E-state index is 0.156. The maximum absolute atomic E-state index is 12.1. The number of ether oxygens (including phenoxy) is 1. The lowest BCUT2D eigenvalue weighted by atomic mass is 10.2. The Hall–Kier alpha value is -1.60. The molecule has 2 rings (SSSR count). The van der Waals surface area contributed by atoms with Gasteiger partial charge in [0.2, 0.25) is 11.8 Å². The first-order valence-electron chi connectivity index (χ1n) is 7.26. The molecule has 0 atom stereocenters. The number of carbonyl (C=O) groups is 1. The SMILES string of the molecule is COc1c(CNCC(=O)N2CCN(C)CC2)c(C)nn1C. The molecule has 0 aliphatic carbocycles. The van der Waals surface area contributed by atoms with E-state index < -0.39 is 0 Å². The molecule has 0 unspecified atom stereocenters. The van der Waals surface area contributed by atoms with Crippen LogP contribution in [0.5, 0.6) is 5.88 Å². The Bertz CT molecular complexity index is 492. The molecule has 0 aromatic carbocycles. The van der Waals surface area contributed by atoms with Crippen molar-refractivity contribution in [3.05, 3.63) is 11.3 Å². The summed E-state index contributed by atoms with van der Waals surface area (Å²) in [5.41, 5.74) is 1.93. The smallest absolute Gasteiger partial charge is 0.236 e. The minimum atomic E-state index is 0.156. The molecule has 0 spiro atoms. The van der Waals surface area contributed by atoms with E-state index in [2.05, 4.69) is 22.4 Å². The zero-order valence-electron chi connectivity index (χ0n) is 13.3. The first-order valence-corrected chi connectivity index (χ1v) is 7.26. The maximum Gasteiger partial charge on any atom is 0.236 e. The van der Waals surface area contributed by atoms with E-state index in [0.717, 1.165) is 43.3 Å². The fourth-order valence-electron chi connectivity index (χ4n) is 2.60. The molecule has 21 heavy (non-hydrogen) atoms. The van der Waals surface area contributed by atoms with E-state index in [4.69, 9.17) is 4.74 Å². The van der Waals surface area contributed by atoms with Crippen LogP contribution >= 0.6 is 0 Å². The molecule has 0 saturated carbocycles. The van der Waals surface area contributed by atoms with E-state index in [9.17, 15) is 4.79 Å². The van der Waals surface area contributed by atoms with Gasteiger partial charge in [0.25, 0.3) is 0 Å². The van der Waals surface area contributed by atoms with Crippen LogP contribution in [-0.2, 0) is 18.4 Å². The lowest BCUT2D eigenvalue weighted by molar-refractivity contribution is -0.131. The first-order chi connectivity index (χ1) is 10.0. The predicted molar refractivity (Wildman–Crippen MR) is 80.3 cm³/mol. The van der Waals surface area contributed by atoms with E-state index in [1.54, 1.807) is 11.8 Å². The molecule has 1 saturated heterocycles. The van der Waals surface area contributed by atoms with Crippen molar-refractivity contribution in [2.24, 2.45) is 7.05 Å². The Labute approximate surface area is 125 Å². The summed E-state index contributed by atoms with van der Waals surface area (Å²) in [5, 5.41) is 7.53. The summed E-state index contributed by atoms with van der Waals surface area (Å²) in [4.78, 5) is 16.3. The topological polar surface area (TPSA) is 62.6 Å². The van der Waals surface area contributed by atoms with Crippen molar-refractivity contribution < 1.29 is 9.53 Å². The van der Waals surface area contributed by atoms with Crippen LogP contribution < -0.4 is 10.1 Å². The highest BCUT2D eigenvalue weighted by molar-refractivity contribution is 5.78. The number of hydrogen-bond donors (Lipinski definition) is 1. The molecule has 1 fully saturated rings. The minimum Gasteiger partial charge on any atom is -0.481 e. The van der Waals surface area contributed by atoms with Crippen LogP contribution in [0, 0.1) is 6.92 Å². The molecular formula is C14H25N5O2. The molecule has 1 aromatic heterocycles. The Kier molecular flexibility index (Phi) is 5.19. The summed E-state index contributed by atoms with van der Waals surface area (Å²) < 4.78 is 7.06. The Morgan fingerprint density at radius 3 is 2.57 bits per heavy atom. The summed E-state index contributed by atoms with van der Waals surface area (Å²) in [6.07, 6.45) is 0. The van der Waals surface area contributed by atoms with Crippen LogP contribution in [0.3, 0.4) is 0 Å². The van der Waals surface area contributed by atoms with Crippen LogP contribution in [0.15, 0.2) is 0 Å². The van der Waals surface area contributed by atoms with Gasteiger partial charge in [-0.1, -0.05) is 0 Å². The van der Waals surface area contributed by atoms with E-state index in [-0.39, 0.29) is 5.91 Å². The van der Waals surface area contributed by atoms with E-state index in [1.807, 2.05) is 18.9 Å². The number of hydrogen-bond acceptors (Lipinski definition) is 5. The molecule has 7 nitrogen and oxygen atoms in total. The maximum atomic E-state index is 12.1. The van der Waals surface area contributed by atoms with E-state index in [0.29, 0.717) is 13.1 Å². The van der Waals surface area contributed by atoms with Crippen LogP contribution in [0.2, 0.25) is 0 Å². The monoisotopic (exact) mass is 295 g/mol. The normalized spacial score (nSPS) is 16.3. The van der Waals surface area contributed by atoms with Gasteiger partial charge in [0.15, 0.2) is 0 Å². The summed E-state index contributed by atoms with van der Waals surface area (Å²) >= 11 is 0. The van der Waals surface area contributed by atoms with E-state index in [1.165, 1.54) is 0 Å². The largest absolute Gasteiger partial charge is 0.481 e. The fourth-order valence-corrected chi connectivity index (χ4v) is 2.60. The molecule has 1 aliphatic rings. The fraction of sp³-hybridized carbons (Fsp3) is 0.714. The molecular weight excluding hydrogens is 270 g/mol. The molecule has 7 heteroatoms. The van der Waals surface area contributed by atoms with Gasteiger partial charge in [0, 0.05) is 39.8 Å². The summed E-state index contributed by atoms with van der Waals surface area (Å²) in [6.45, 7) is 6.40. The highest BCUT2D eigenvalue weighted by Gasteiger charge is 2.19. The molecule has 1 amide bonds. The van der Waals surface area contributed by atoms with Crippen LogP contribution in [0.25, 0.3) is 0 Å². The molecule has 1 aliphatic heterocycles. The van der Waals surface area contributed by atoms with Crippen LogP contribution in [0.4, 0.5) is 0 Å². The zero-order chi connectivity index (χ0) is 15.4. The van der Waals surface area contributed by atoms with E-state index >= 15 is 0 Å². The Morgan fingerprint density at radius 1 is 1.29 bits per heavy atom. The third-order valence-electron chi connectivity index (χ3n) is 3.92. The molecule has 1 aromatic rings. The van der Waals surface area contributed by atoms with Gasteiger partial charge in [0.1, 0.15) is 0 Å².